The van der Waals surface area contributed by atoms with Crippen molar-refractivity contribution in [1.82, 2.24) is 0 Å². The van der Waals surface area contributed by atoms with Crippen molar-refractivity contribution < 1.29 is 18.3 Å². The smallest absolute Gasteiger partial charge is 0.335 e. The molecule has 0 unspecified atom stereocenters. The van der Waals surface area contributed by atoms with Crippen molar-refractivity contribution in [2.75, 3.05) is 4.72 Å². The Hall–Kier alpha value is -2.05. The maximum Gasteiger partial charge on any atom is 0.335 e. The van der Waals surface area contributed by atoms with Crippen LogP contribution in [0.3, 0.4) is 0 Å². The zero-order valence-corrected chi connectivity index (χ0v) is 13.6. The Bertz CT molecular complexity index is 876. The van der Waals surface area contributed by atoms with E-state index in [1.807, 2.05) is 0 Å². The molecule has 0 aromatic heterocycles. The van der Waals surface area contributed by atoms with Gasteiger partial charge in [0.25, 0.3) is 10.0 Å². The number of carboxylic acid groups (broad SMARTS) is 1. The van der Waals surface area contributed by atoms with Gasteiger partial charge in [0.1, 0.15) is 0 Å². The first kappa shape index (κ1) is 15.8. The van der Waals surface area contributed by atoms with Gasteiger partial charge in [-0.05, 0) is 66.8 Å². The summed E-state index contributed by atoms with van der Waals surface area (Å²) in [6.45, 7) is 0. The normalized spacial score (nSPS) is 13.6. The quantitative estimate of drug-likeness (QED) is 0.885. The molecule has 5 nitrogen and oxygen atoms in total. The van der Waals surface area contributed by atoms with Crippen LogP contribution in [0.25, 0.3) is 0 Å². The molecular weight excluding hydrogens is 338 g/mol. The minimum atomic E-state index is -3.86. The fourth-order valence-corrected chi connectivity index (χ4v) is 4.28. The predicted molar refractivity (Wildman–Crippen MR) is 87.7 cm³/mol. The van der Waals surface area contributed by atoms with Crippen molar-refractivity contribution in [3.05, 3.63) is 58.1 Å². The second-order valence-electron chi connectivity index (χ2n) is 5.38. The van der Waals surface area contributed by atoms with E-state index in [9.17, 15) is 18.3 Å². The SMILES string of the molecule is O=C(O)c1cc2c(c(S(=O)(=O)Nc3ccc(Cl)cc3)c1)CCC2. The van der Waals surface area contributed by atoms with Crippen molar-refractivity contribution in [3.8, 4) is 0 Å². The maximum atomic E-state index is 12.7. The number of halogens is 1. The third-order valence-corrected chi connectivity index (χ3v) is 5.51. The van der Waals surface area contributed by atoms with E-state index in [2.05, 4.69) is 4.72 Å². The molecule has 7 heteroatoms. The third-order valence-electron chi connectivity index (χ3n) is 3.81. The molecule has 0 aliphatic heterocycles. The summed E-state index contributed by atoms with van der Waals surface area (Å²) in [4.78, 5) is 11.3. The molecule has 0 spiro atoms. The van der Waals surface area contributed by atoms with Gasteiger partial charge in [-0.1, -0.05) is 11.6 Å². The minimum Gasteiger partial charge on any atom is -0.478 e. The molecule has 23 heavy (non-hydrogen) atoms. The van der Waals surface area contributed by atoms with Gasteiger partial charge in [-0.15, -0.1) is 0 Å². The molecule has 0 radical (unpaired) electrons. The Kier molecular flexibility index (Phi) is 4.04. The highest BCUT2D eigenvalue weighted by atomic mass is 35.5. The average Bonchev–Trinajstić information content (AvgIpc) is 2.96. The topological polar surface area (TPSA) is 83.5 Å². The molecule has 0 atom stereocenters. The van der Waals surface area contributed by atoms with Crippen molar-refractivity contribution in [2.45, 2.75) is 24.2 Å². The number of fused-ring (bicyclic) bond motifs is 1. The number of nitrogens with one attached hydrogen (secondary N) is 1. The fourth-order valence-electron chi connectivity index (χ4n) is 2.76. The van der Waals surface area contributed by atoms with Gasteiger partial charge in [0.2, 0.25) is 0 Å². The van der Waals surface area contributed by atoms with E-state index < -0.39 is 16.0 Å². The molecule has 2 aromatic rings. The highest BCUT2D eigenvalue weighted by Gasteiger charge is 2.26. The van der Waals surface area contributed by atoms with Crippen molar-refractivity contribution in [2.24, 2.45) is 0 Å². The van der Waals surface area contributed by atoms with Crippen LogP contribution in [-0.4, -0.2) is 19.5 Å². The highest BCUT2D eigenvalue weighted by molar-refractivity contribution is 7.92. The molecule has 1 aliphatic carbocycles. The predicted octanol–water partition coefficient (Wildman–Crippen LogP) is 3.33. The number of hydrogen-bond donors (Lipinski definition) is 2. The average molecular weight is 352 g/mol. The Morgan fingerprint density at radius 2 is 1.83 bits per heavy atom. The minimum absolute atomic E-state index is 0.0119. The molecule has 0 heterocycles. The molecule has 2 aromatic carbocycles. The Morgan fingerprint density at radius 3 is 2.48 bits per heavy atom. The largest absolute Gasteiger partial charge is 0.478 e. The first-order valence-corrected chi connectivity index (χ1v) is 8.90. The molecule has 0 amide bonds. The van der Waals surface area contributed by atoms with E-state index in [1.165, 1.54) is 6.07 Å². The first-order chi connectivity index (χ1) is 10.9. The van der Waals surface area contributed by atoms with E-state index in [0.29, 0.717) is 29.1 Å². The molecule has 0 saturated heterocycles. The van der Waals surface area contributed by atoms with Crippen LogP contribution in [-0.2, 0) is 22.9 Å². The lowest BCUT2D eigenvalue weighted by molar-refractivity contribution is 0.0696. The van der Waals surface area contributed by atoms with Gasteiger partial charge < -0.3 is 5.11 Å². The monoisotopic (exact) mass is 351 g/mol. The molecule has 3 rings (SSSR count). The molecular formula is C16H14ClNO4S. The van der Waals surface area contributed by atoms with E-state index in [1.54, 1.807) is 30.3 Å². The standard InChI is InChI=1S/C16H14ClNO4S/c17-12-4-6-13(7-5-12)18-23(21,22)15-9-11(16(19)20)8-10-2-1-3-14(10)15/h4-9,18H,1-3H2,(H,19,20). The number of carboxylic acids is 1. The third kappa shape index (κ3) is 3.18. The summed E-state index contributed by atoms with van der Waals surface area (Å²) in [5.41, 5.74) is 1.86. The zero-order valence-electron chi connectivity index (χ0n) is 12.0. The van der Waals surface area contributed by atoms with Crippen LogP contribution in [0, 0.1) is 0 Å². The van der Waals surface area contributed by atoms with Gasteiger partial charge >= 0.3 is 5.97 Å². The van der Waals surface area contributed by atoms with Crippen molar-refractivity contribution >= 4 is 33.3 Å². The molecule has 0 saturated carbocycles. The van der Waals surface area contributed by atoms with Crippen LogP contribution in [0.5, 0.6) is 0 Å². The summed E-state index contributed by atoms with van der Waals surface area (Å²) in [5.74, 6) is -1.14. The van der Waals surface area contributed by atoms with Crippen LogP contribution < -0.4 is 4.72 Å². The molecule has 120 valence electrons. The first-order valence-electron chi connectivity index (χ1n) is 7.04. The summed E-state index contributed by atoms with van der Waals surface area (Å²) in [6, 6.07) is 9.06. The highest BCUT2D eigenvalue weighted by Crippen LogP contribution is 2.31. The number of benzene rings is 2. The number of sulfonamides is 1. The van der Waals surface area contributed by atoms with E-state index in [-0.39, 0.29) is 10.5 Å². The van der Waals surface area contributed by atoms with Gasteiger partial charge in [0.05, 0.1) is 10.5 Å². The second kappa shape index (κ2) is 5.86. The van der Waals surface area contributed by atoms with Gasteiger partial charge in [0.15, 0.2) is 0 Å². The Labute approximate surface area is 139 Å². The van der Waals surface area contributed by atoms with Crippen LogP contribution in [0.15, 0.2) is 41.3 Å². The maximum absolute atomic E-state index is 12.7. The summed E-state index contributed by atoms with van der Waals surface area (Å²) in [6.07, 6.45) is 2.15. The summed E-state index contributed by atoms with van der Waals surface area (Å²) < 4.78 is 27.8. The summed E-state index contributed by atoms with van der Waals surface area (Å²) >= 11 is 5.79. The van der Waals surface area contributed by atoms with Crippen LogP contribution in [0.4, 0.5) is 5.69 Å². The van der Waals surface area contributed by atoms with E-state index in [0.717, 1.165) is 12.0 Å². The Morgan fingerprint density at radius 1 is 1.13 bits per heavy atom. The second-order valence-corrected chi connectivity index (χ2v) is 7.47. The zero-order chi connectivity index (χ0) is 16.6. The summed E-state index contributed by atoms with van der Waals surface area (Å²) in [7, 11) is -3.86. The number of aryl methyl sites for hydroxylation is 1. The summed E-state index contributed by atoms with van der Waals surface area (Å²) in [5, 5.41) is 9.70. The van der Waals surface area contributed by atoms with Gasteiger partial charge in [0, 0.05) is 10.7 Å². The lowest BCUT2D eigenvalue weighted by Gasteiger charge is -2.13. The number of hydrogen-bond acceptors (Lipinski definition) is 3. The van der Waals surface area contributed by atoms with Gasteiger partial charge in [-0.25, -0.2) is 13.2 Å². The van der Waals surface area contributed by atoms with Crippen molar-refractivity contribution in [3.63, 3.8) is 0 Å². The van der Waals surface area contributed by atoms with E-state index in [4.69, 9.17) is 11.6 Å². The number of carbonyl (C=O) groups is 1. The van der Waals surface area contributed by atoms with E-state index >= 15 is 0 Å². The number of aromatic carboxylic acids is 1. The van der Waals surface area contributed by atoms with Gasteiger partial charge in [-0.2, -0.15) is 0 Å². The molecule has 2 N–H and O–H groups in total. The van der Waals surface area contributed by atoms with Gasteiger partial charge in [-0.3, -0.25) is 4.72 Å². The lowest BCUT2D eigenvalue weighted by atomic mass is 10.1. The molecule has 0 fully saturated rings. The Balaban J connectivity index is 2.05. The van der Waals surface area contributed by atoms with Crippen LogP contribution in [0.1, 0.15) is 27.9 Å². The fraction of sp³-hybridized carbons (Fsp3) is 0.188. The van der Waals surface area contributed by atoms with Crippen LogP contribution >= 0.6 is 11.6 Å². The number of anilines is 1. The molecule has 1 aliphatic rings. The molecule has 0 bridgehead atoms. The number of rotatable bonds is 4. The van der Waals surface area contributed by atoms with Crippen molar-refractivity contribution in [1.29, 1.82) is 0 Å². The van der Waals surface area contributed by atoms with Crippen LogP contribution in [0.2, 0.25) is 5.02 Å². The lowest BCUT2D eigenvalue weighted by Crippen LogP contribution is -2.16.